The van der Waals surface area contributed by atoms with E-state index in [9.17, 15) is 9.59 Å². The summed E-state index contributed by atoms with van der Waals surface area (Å²) in [5.41, 5.74) is 4.45. The summed E-state index contributed by atoms with van der Waals surface area (Å²) < 4.78 is 16.1. The molecular weight excluding hydrogens is 458 g/mol. The van der Waals surface area contributed by atoms with Crippen molar-refractivity contribution in [3.63, 3.8) is 0 Å². The molecule has 0 heterocycles. The van der Waals surface area contributed by atoms with Gasteiger partial charge in [0.2, 0.25) is 0 Å². The lowest BCUT2D eigenvalue weighted by Gasteiger charge is -2.09. The number of halogens is 1. The maximum absolute atomic E-state index is 12.3. The molecule has 3 rings (SSSR count). The van der Waals surface area contributed by atoms with Crippen LogP contribution in [0.2, 0.25) is 5.02 Å². The molecule has 0 aliphatic rings. The zero-order valence-corrected chi connectivity index (χ0v) is 19.5. The third-order valence-electron chi connectivity index (χ3n) is 4.63. The SMILES string of the molecule is COc1ccc(C(=O)NCC(=O)N/N=C\c2cccc(OCc3ccc(Cl)cc3)c2)cc1OC. The topological polar surface area (TPSA) is 98.2 Å². The van der Waals surface area contributed by atoms with Crippen molar-refractivity contribution < 1.29 is 23.8 Å². The van der Waals surface area contributed by atoms with E-state index in [1.165, 1.54) is 26.5 Å². The number of benzene rings is 3. The fourth-order valence-corrected chi connectivity index (χ4v) is 3.02. The quantitative estimate of drug-likeness (QED) is 0.339. The third kappa shape index (κ3) is 7.25. The number of rotatable bonds is 10. The monoisotopic (exact) mass is 481 g/mol. The lowest BCUT2D eigenvalue weighted by molar-refractivity contribution is -0.120. The first-order valence-electron chi connectivity index (χ1n) is 10.3. The molecule has 0 radical (unpaired) electrons. The van der Waals surface area contributed by atoms with Crippen LogP contribution in [0.25, 0.3) is 0 Å². The number of carbonyl (C=O) groups excluding carboxylic acids is 2. The van der Waals surface area contributed by atoms with E-state index in [2.05, 4.69) is 15.8 Å². The number of nitrogens with one attached hydrogen (secondary N) is 2. The van der Waals surface area contributed by atoms with Crippen molar-refractivity contribution in [1.29, 1.82) is 0 Å². The average Bonchev–Trinajstić information content (AvgIpc) is 2.86. The first-order valence-corrected chi connectivity index (χ1v) is 10.7. The van der Waals surface area contributed by atoms with Gasteiger partial charge in [0.05, 0.1) is 27.0 Å². The van der Waals surface area contributed by atoms with Crippen molar-refractivity contribution in [1.82, 2.24) is 10.7 Å². The van der Waals surface area contributed by atoms with Gasteiger partial charge in [0.25, 0.3) is 11.8 Å². The van der Waals surface area contributed by atoms with E-state index in [1.54, 1.807) is 18.2 Å². The molecular formula is C25H24ClN3O5. The molecule has 0 aliphatic carbocycles. The molecule has 2 N–H and O–H groups in total. The van der Waals surface area contributed by atoms with E-state index in [0.29, 0.717) is 34.4 Å². The van der Waals surface area contributed by atoms with E-state index in [4.69, 9.17) is 25.8 Å². The van der Waals surface area contributed by atoms with Crippen molar-refractivity contribution in [2.45, 2.75) is 6.61 Å². The largest absolute Gasteiger partial charge is 0.493 e. The van der Waals surface area contributed by atoms with Gasteiger partial charge >= 0.3 is 0 Å². The fraction of sp³-hybridized carbons (Fsp3) is 0.160. The Morgan fingerprint density at radius 1 is 0.971 bits per heavy atom. The molecule has 9 heteroatoms. The van der Waals surface area contributed by atoms with Crippen LogP contribution < -0.4 is 25.0 Å². The van der Waals surface area contributed by atoms with Crippen LogP contribution in [-0.4, -0.2) is 38.8 Å². The lowest BCUT2D eigenvalue weighted by atomic mass is 10.2. The molecule has 34 heavy (non-hydrogen) atoms. The number of methoxy groups -OCH3 is 2. The Balaban J connectivity index is 1.46. The van der Waals surface area contributed by atoms with Gasteiger partial charge < -0.3 is 19.5 Å². The number of carbonyl (C=O) groups is 2. The molecule has 8 nitrogen and oxygen atoms in total. The predicted octanol–water partition coefficient (Wildman–Crippen LogP) is 3.82. The summed E-state index contributed by atoms with van der Waals surface area (Å²) in [5, 5.41) is 7.13. The summed E-state index contributed by atoms with van der Waals surface area (Å²) in [4.78, 5) is 24.3. The first-order chi connectivity index (χ1) is 16.5. The van der Waals surface area contributed by atoms with Gasteiger partial charge in [-0.25, -0.2) is 5.43 Å². The molecule has 0 aromatic heterocycles. The van der Waals surface area contributed by atoms with Crippen molar-refractivity contribution in [2.24, 2.45) is 5.10 Å². The molecule has 0 saturated carbocycles. The van der Waals surface area contributed by atoms with Crippen molar-refractivity contribution in [2.75, 3.05) is 20.8 Å². The zero-order chi connectivity index (χ0) is 24.3. The Kier molecular flexibility index (Phi) is 8.88. The van der Waals surface area contributed by atoms with Gasteiger partial charge in [0, 0.05) is 10.6 Å². The third-order valence-corrected chi connectivity index (χ3v) is 4.89. The van der Waals surface area contributed by atoms with Crippen LogP contribution in [0, 0.1) is 0 Å². The highest BCUT2D eigenvalue weighted by molar-refractivity contribution is 6.30. The van der Waals surface area contributed by atoms with Gasteiger partial charge in [-0.2, -0.15) is 5.10 Å². The Bertz CT molecular complexity index is 1170. The van der Waals surface area contributed by atoms with Crippen molar-refractivity contribution >= 4 is 29.6 Å². The summed E-state index contributed by atoms with van der Waals surface area (Å²) in [6.07, 6.45) is 1.49. The maximum Gasteiger partial charge on any atom is 0.259 e. The number of hydrazone groups is 1. The van der Waals surface area contributed by atoms with Crippen LogP contribution in [0.5, 0.6) is 17.2 Å². The van der Waals surface area contributed by atoms with E-state index < -0.39 is 11.8 Å². The number of ether oxygens (including phenoxy) is 3. The highest BCUT2D eigenvalue weighted by Crippen LogP contribution is 2.27. The van der Waals surface area contributed by atoms with E-state index in [-0.39, 0.29) is 6.54 Å². The maximum atomic E-state index is 12.3. The molecule has 0 atom stereocenters. The van der Waals surface area contributed by atoms with E-state index >= 15 is 0 Å². The molecule has 0 fully saturated rings. The minimum atomic E-state index is -0.472. The van der Waals surface area contributed by atoms with Crippen LogP contribution in [0.15, 0.2) is 71.8 Å². The Morgan fingerprint density at radius 3 is 2.47 bits per heavy atom. The summed E-state index contributed by atoms with van der Waals surface area (Å²) >= 11 is 5.89. The van der Waals surface area contributed by atoms with Gasteiger partial charge in [-0.15, -0.1) is 0 Å². The molecule has 176 valence electrons. The number of hydrogen-bond donors (Lipinski definition) is 2. The van der Waals surface area contributed by atoms with E-state index in [1.807, 2.05) is 42.5 Å². The van der Waals surface area contributed by atoms with Crippen LogP contribution in [0.1, 0.15) is 21.5 Å². The van der Waals surface area contributed by atoms with Gasteiger partial charge in [-0.1, -0.05) is 35.9 Å². The normalized spacial score (nSPS) is 10.6. The van der Waals surface area contributed by atoms with Gasteiger partial charge in [-0.05, 0) is 53.6 Å². The minimum absolute atomic E-state index is 0.241. The molecule has 2 amide bonds. The Labute approximate surface area is 202 Å². The van der Waals surface area contributed by atoms with E-state index in [0.717, 1.165) is 11.1 Å². The first kappa shape index (κ1) is 24.6. The smallest absolute Gasteiger partial charge is 0.259 e. The van der Waals surface area contributed by atoms with Crippen LogP contribution in [0.3, 0.4) is 0 Å². The number of nitrogens with zero attached hydrogens (tertiary/aromatic N) is 1. The summed E-state index contributed by atoms with van der Waals surface area (Å²) in [5.74, 6) is 0.687. The molecule has 0 aliphatic heterocycles. The average molecular weight is 482 g/mol. The van der Waals surface area contributed by atoms with Crippen LogP contribution >= 0.6 is 11.6 Å². The second-order valence-electron chi connectivity index (χ2n) is 7.03. The molecule has 3 aromatic carbocycles. The Hall–Kier alpha value is -4.04. The second kappa shape index (κ2) is 12.3. The number of amides is 2. The van der Waals surface area contributed by atoms with Crippen molar-refractivity contribution in [3.8, 4) is 17.2 Å². The summed E-state index contributed by atoms with van der Waals surface area (Å²) in [7, 11) is 2.99. The lowest BCUT2D eigenvalue weighted by Crippen LogP contribution is -2.34. The fourth-order valence-electron chi connectivity index (χ4n) is 2.89. The summed E-state index contributed by atoms with van der Waals surface area (Å²) in [6.45, 7) is 0.156. The molecule has 0 spiro atoms. The summed E-state index contributed by atoms with van der Waals surface area (Å²) in [6, 6.07) is 19.4. The van der Waals surface area contributed by atoms with Gasteiger partial charge in [0.1, 0.15) is 12.4 Å². The van der Waals surface area contributed by atoms with Crippen LogP contribution in [0.4, 0.5) is 0 Å². The molecule has 3 aromatic rings. The highest BCUT2D eigenvalue weighted by atomic mass is 35.5. The second-order valence-corrected chi connectivity index (χ2v) is 7.47. The van der Waals surface area contributed by atoms with Gasteiger partial charge in [0.15, 0.2) is 11.5 Å². The van der Waals surface area contributed by atoms with Crippen molar-refractivity contribution in [3.05, 3.63) is 88.4 Å². The molecule has 0 bridgehead atoms. The predicted molar refractivity (Wildman–Crippen MR) is 130 cm³/mol. The van der Waals surface area contributed by atoms with Gasteiger partial charge in [-0.3, -0.25) is 9.59 Å². The molecule has 0 unspecified atom stereocenters. The Morgan fingerprint density at radius 2 is 1.74 bits per heavy atom. The standard InChI is InChI=1S/C25H24ClN3O5/c1-32-22-11-8-19(13-23(22)33-2)25(31)27-15-24(30)29-28-14-18-4-3-5-21(12-18)34-16-17-6-9-20(26)10-7-17/h3-14H,15-16H2,1-2H3,(H,27,31)(H,29,30)/b28-14-. The molecule has 0 saturated heterocycles. The zero-order valence-electron chi connectivity index (χ0n) is 18.7. The minimum Gasteiger partial charge on any atom is -0.493 e. The highest BCUT2D eigenvalue weighted by Gasteiger charge is 2.11. The number of hydrogen-bond acceptors (Lipinski definition) is 6. The van der Waals surface area contributed by atoms with Crippen LogP contribution in [-0.2, 0) is 11.4 Å².